The van der Waals surface area contributed by atoms with Crippen LogP contribution in [0.3, 0.4) is 0 Å². The summed E-state index contributed by atoms with van der Waals surface area (Å²) in [6.45, 7) is 3.76. The van der Waals surface area contributed by atoms with Gasteiger partial charge in [-0.25, -0.2) is 9.97 Å². The first-order chi connectivity index (χ1) is 6.88. The maximum Gasteiger partial charge on any atom is 0.142 e. The van der Waals surface area contributed by atoms with Crippen molar-refractivity contribution in [2.75, 3.05) is 13.1 Å². The third-order valence-electron chi connectivity index (χ3n) is 2.56. The van der Waals surface area contributed by atoms with Crippen molar-refractivity contribution in [2.45, 2.75) is 25.9 Å². The van der Waals surface area contributed by atoms with Crippen LogP contribution in [0, 0.1) is 0 Å². The molecule has 1 fully saturated rings. The molecule has 0 saturated carbocycles. The number of nitrogens with two attached hydrogens (primary N) is 1. The summed E-state index contributed by atoms with van der Waals surface area (Å²) in [6, 6.07) is 0. The summed E-state index contributed by atoms with van der Waals surface area (Å²) in [4.78, 5) is 10.9. The first-order valence-electron chi connectivity index (χ1n) is 5.11. The molecule has 1 aliphatic heterocycles. The molecule has 0 radical (unpaired) electrons. The lowest BCUT2D eigenvalue weighted by atomic mass is 10.3. The molecule has 1 aromatic heterocycles. The van der Waals surface area contributed by atoms with Crippen molar-refractivity contribution in [3.05, 3.63) is 23.8 Å². The van der Waals surface area contributed by atoms with Crippen molar-refractivity contribution in [1.29, 1.82) is 0 Å². The molecule has 0 aromatic carbocycles. The zero-order valence-corrected chi connectivity index (χ0v) is 8.32. The molecule has 2 heterocycles. The van der Waals surface area contributed by atoms with E-state index in [1.165, 1.54) is 25.9 Å². The summed E-state index contributed by atoms with van der Waals surface area (Å²) in [7, 11) is 0. The van der Waals surface area contributed by atoms with Crippen molar-refractivity contribution in [3.8, 4) is 0 Å². The van der Waals surface area contributed by atoms with Crippen LogP contribution in [0.5, 0.6) is 0 Å². The fraction of sp³-hybridized carbons (Fsp3) is 0.600. The number of hydrogen-bond donors (Lipinski definition) is 1. The topological polar surface area (TPSA) is 55.0 Å². The van der Waals surface area contributed by atoms with Crippen molar-refractivity contribution in [2.24, 2.45) is 5.73 Å². The molecule has 1 aromatic rings. The number of aromatic nitrogens is 2. The second-order valence-corrected chi connectivity index (χ2v) is 3.69. The van der Waals surface area contributed by atoms with Crippen LogP contribution in [0.2, 0.25) is 0 Å². The Hall–Kier alpha value is -1.00. The lowest BCUT2D eigenvalue weighted by Gasteiger charge is -2.12. The molecule has 0 bridgehead atoms. The maximum atomic E-state index is 5.47. The van der Waals surface area contributed by atoms with E-state index >= 15 is 0 Å². The number of likely N-dealkylation sites (tertiary alicyclic amines) is 1. The van der Waals surface area contributed by atoms with Crippen LogP contribution >= 0.6 is 0 Å². The normalized spacial score (nSPS) is 17.5. The predicted molar refractivity (Wildman–Crippen MR) is 54.4 cm³/mol. The van der Waals surface area contributed by atoms with Crippen molar-refractivity contribution < 1.29 is 0 Å². The minimum Gasteiger partial charge on any atom is -0.326 e. The minimum atomic E-state index is 0.518. The number of rotatable bonds is 3. The van der Waals surface area contributed by atoms with Crippen molar-refractivity contribution in [3.63, 3.8) is 0 Å². The molecule has 1 aliphatic rings. The Balaban J connectivity index is 1.95. The van der Waals surface area contributed by atoms with E-state index in [1.807, 2.05) is 12.4 Å². The molecule has 0 atom stereocenters. The second-order valence-electron chi connectivity index (χ2n) is 3.69. The number of nitrogens with zero attached hydrogens (tertiary/aromatic N) is 3. The van der Waals surface area contributed by atoms with E-state index in [-0.39, 0.29) is 0 Å². The molecule has 4 nitrogen and oxygen atoms in total. The van der Waals surface area contributed by atoms with E-state index in [2.05, 4.69) is 14.9 Å². The fourth-order valence-electron chi connectivity index (χ4n) is 1.71. The lowest BCUT2D eigenvalue weighted by molar-refractivity contribution is 0.322. The van der Waals surface area contributed by atoms with E-state index in [4.69, 9.17) is 5.73 Å². The SMILES string of the molecule is NCc1cnc(CN2CCCC2)nc1. The van der Waals surface area contributed by atoms with Gasteiger partial charge in [0, 0.05) is 24.5 Å². The van der Waals surface area contributed by atoms with Crippen LogP contribution < -0.4 is 5.73 Å². The molecular weight excluding hydrogens is 176 g/mol. The smallest absolute Gasteiger partial charge is 0.142 e. The Kier molecular flexibility index (Phi) is 3.06. The van der Waals surface area contributed by atoms with Crippen molar-refractivity contribution >= 4 is 0 Å². The van der Waals surface area contributed by atoms with Crippen LogP contribution in [0.15, 0.2) is 12.4 Å². The maximum absolute atomic E-state index is 5.47. The molecule has 14 heavy (non-hydrogen) atoms. The third-order valence-corrected chi connectivity index (χ3v) is 2.56. The second kappa shape index (κ2) is 4.48. The highest BCUT2D eigenvalue weighted by Gasteiger charge is 2.12. The van der Waals surface area contributed by atoms with Gasteiger partial charge in [0.05, 0.1) is 6.54 Å². The summed E-state index contributed by atoms with van der Waals surface area (Å²) >= 11 is 0. The standard InChI is InChI=1S/C10H16N4/c11-5-9-6-12-10(13-7-9)8-14-3-1-2-4-14/h6-7H,1-5,8,11H2. The van der Waals surface area contributed by atoms with E-state index in [0.717, 1.165) is 17.9 Å². The van der Waals surface area contributed by atoms with Crippen LogP contribution in [0.25, 0.3) is 0 Å². The Morgan fingerprint density at radius 3 is 2.43 bits per heavy atom. The first kappa shape index (κ1) is 9.55. The molecule has 0 unspecified atom stereocenters. The highest BCUT2D eigenvalue weighted by atomic mass is 15.2. The predicted octanol–water partition coefficient (Wildman–Crippen LogP) is 0.531. The first-order valence-corrected chi connectivity index (χ1v) is 5.11. The molecule has 0 spiro atoms. The van der Waals surface area contributed by atoms with Gasteiger partial charge in [-0.3, -0.25) is 4.90 Å². The Morgan fingerprint density at radius 1 is 1.21 bits per heavy atom. The highest BCUT2D eigenvalue weighted by Crippen LogP contribution is 2.09. The van der Waals surface area contributed by atoms with E-state index in [9.17, 15) is 0 Å². The van der Waals surface area contributed by atoms with Gasteiger partial charge in [0.2, 0.25) is 0 Å². The van der Waals surface area contributed by atoms with Gasteiger partial charge in [-0.05, 0) is 25.9 Å². The molecule has 1 saturated heterocycles. The summed E-state index contributed by atoms with van der Waals surface area (Å²) in [5.74, 6) is 0.907. The van der Waals surface area contributed by atoms with Gasteiger partial charge >= 0.3 is 0 Å². The third kappa shape index (κ3) is 2.27. The summed E-state index contributed by atoms with van der Waals surface area (Å²) in [5, 5.41) is 0. The van der Waals surface area contributed by atoms with Crippen LogP contribution in [0.4, 0.5) is 0 Å². The highest BCUT2D eigenvalue weighted by molar-refractivity contribution is 5.04. The number of hydrogen-bond acceptors (Lipinski definition) is 4. The van der Waals surface area contributed by atoms with E-state index in [0.29, 0.717) is 6.54 Å². The van der Waals surface area contributed by atoms with Gasteiger partial charge < -0.3 is 5.73 Å². The quantitative estimate of drug-likeness (QED) is 0.759. The minimum absolute atomic E-state index is 0.518. The largest absolute Gasteiger partial charge is 0.326 e. The fourth-order valence-corrected chi connectivity index (χ4v) is 1.71. The molecule has 0 aliphatic carbocycles. The summed E-state index contributed by atoms with van der Waals surface area (Å²) in [5.41, 5.74) is 6.47. The Labute approximate surface area is 84.2 Å². The lowest BCUT2D eigenvalue weighted by Crippen LogP contribution is -2.20. The molecule has 76 valence electrons. The van der Waals surface area contributed by atoms with Crippen LogP contribution in [-0.2, 0) is 13.1 Å². The molecule has 2 rings (SSSR count). The van der Waals surface area contributed by atoms with Crippen molar-refractivity contribution in [1.82, 2.24) is 14.9 Å². The Bertz CT molecular complexity index is 277. The van der Waals surface area contributed by atoms with Gasteiger partial charge in [0.1, 0.15) is 5.82 Å². The summed E-state index contributed by atoms with van der Waals surface area (Å²) in [6.07, 6.45) is 6.25. The van der Waals surface area contributed by atoms with Crippen LogP contribution in [0.1, 0.15) is 24.2 Å². The summed E-state index contributed by atoms with van der Waals surface area (Å²) < 4.78 is 0. The van der Waals surface area contributed by atoms with E-state index in [1.54, 1.807) is 0 Å². The molecule has 2 N–H and O–H groups in total. The van der Waals surface area contributed by atoms with E-state index < -0.39 is 0 Å². The molecule has 0 amide bonds. The average Bonchev–Trinajstić information content (AvgIpc) is 2.72. The van der Waals surface area contributed by atoms with Crippen LogP contribution in [-0.4, -0.2) is 28.0 Å². The van der Waals surface area contributed by atoms with Gasteiger partial charge in [0.15, 0.2) is 0 Å². The average molecular weight is 192 g/mol. The van der Waals surface area contributed by atoms with Gasteiger partial charge in [-0.15, -0.1) is 0 Å². The van der Waals surface area contributed by atoms with Gasteiger partial charge in [-0.1, -0.05) is 0 Å². The zero-order chi connectivity index (χ0) is 9.80. The zero-order valence-electron chi connectivity index (χ0n) is 8.32. The molecular formula is C10H16N4. The molecule has 4 heteroatoms. The van der Waals surface area contributed by atoms with Gasteiger partial charge in [0.25, 0.3) is 0 Å². The monoisotopic (exact) mass is 192 g/mol. The van der Waals surface area contributed by atoms with Gasteiger partial charge in [-0.2, -0.15) is 0 Å². The Morgan fingerprint density at radius 2 is 1.86 bits per heavy atom.